The lowest BCUT2D eigenvalue weighted by molar-refractivity contribution is 0.513. The Hall–Kier alpha value is -0.820. The normalized spacial score (nSPS) is 12.8. The van der Waals surface area contributed by atoms with Crippen molar-refractivity contribution in [2.45, 2.75) is 59.9 Å². The van der Waals surface area contributed by atoms with Gasteiger partial charge in [0.15, 0.2) is 0 Å². The third kappa shape index (κ3) is 4.51. The van der Waals surface area contributed by atoms with Crippen LogP contribution in [0.3, 0.4) is 0 Å². The van der Waals surface area contributed by atoms with E-state index >= 15 is 0 Å². The third-order valence-corrected chi connectivity index (χ3v) is 3.54. The molecule has 0 saturated carbocycles. The minimum Gasteiger partial charge on any atom is -0.314 e. The van der Waals surface area contributed by atoms with E-state index in [1.54, 1.807) is 0 Å². The number of nitrogens with one attached hydrogen (secondary N) is 1. The molecule has 0 aliphatic rings. The average molecular weight is 233 g/mol. The summed E-state index contributed by atoms with van der Waals surface area (Å²) < 4.78 is 0. The van der Waals surface area contributed by atoms with E-state index in [9.17, 15) is 0 Å². The van der Waals surface area contributed by atoms with Gasteiger partial charge >= 0.3 is 0 Å². The van der Waals surface area contributed by atoms with Crippen molar-refractivity contribution in [2.75, 3.05) is 6.54 Å². The zero-order chi connectivity index (χ0) is 12.8. The summed E-state index contributed by atoms with van der Waals surface area (Å²) in [6.45, 7) is 12.3. The van der Waals surface area contributed by atoms with Crippen LogP contribution < -0.4 is 5.32 Å². The van der Waals surface area contributed by atoms with E-state index in [0.29, 0.717) is 6.04 Å². The first-order chi connectivity index (χ1) is 8.04. The highest BCUT2D eigenvalue weighted by molar-refractivity contribution is 5.36. The molecule has 1 N–H and O–H groups in total. The van der Waals surface area contributed by atoms with E-state index in [-0.39, 0.29) is 0 Å². The second-order valence-corrected chi connectivity index (χ2v) is 5.26. The van der Waals surface area contributed by atoms with Crippen molar-refractivity contribution in [3.05, 3.63) is 34.4 Å². The van der Waals surface area contributed by atoms with E-state index < -0.39 is 0 Å². The molecule has 0 aromatic heterocycles. The Morgan fingerprint density at radius 2 is 1.71 bits per heavy atom. The highest BCUT2D eigenvalue weighted by Crippen LogP contribution is 2.17. The van der Waals surface area contributed by atoms with Gasteiger partial charge in [-0.2, -0.15) is 0 Å². The van der Waals surface area contributed by atoms with Crippen molar-refractivity contribution in [2.24, 2.45) is 0 Å². The number of hydrogen-bond donors (Lipinski definition) is 1. The molecule has 96 valence electrons. The Kier molecular flexibility index (Phi) is 5.70. The molecule has 17 heavy (non-hydrogen) atoms. The zero-order valence-electron chi connectivity index (χ0n) is 12.1. The van der Waals surface area contributed by atoms with Gasteiger partial charge in [0.25, 0.3) is 0 Å². The topological polar surface area (TPSA) is 12.0 Å². The van der Waals surface area contributed by atoms with E-state index in [2.05, 4.69) is 52.1 Å². The van der Waals surface area contributed by atoms with Crippen LogP contribution in [0, 0.1) is 20.8 Å². The van der Waals surface area contributed by atoms with Crippen LogP contribution in [-0.2, 0) is 6.42 Å². The van der Waals surface area contributed by atoms with Crippen LogP contribution in [0.1, 0.15) is 48.9 Å². The fraction of sp³-hybridized carbons (Fsp3) is 0.625. The van der Waals surface area contributed by atoms with Gasteiger partial charge in [-0.3, -0.25) is 0 Å². The van der Waals surface area contributed by atoms with E-state index in [0.717, 1.165) is 6.54 Å². The number of hydrogen-bond acceptors (Lipinski definition) is 1. The van der Waals surface area contributed by atoms with Crippen molar-refractivity contribution in [3.8, 4) is 0 Å². The summed E-state index contributed by atoms with van der Waals surface area (Å²) in [6, 6.07) is 5.29. The highest BCUT2D eigenvalue weighted by Gasteiger charge is 2.05. The molecule has 0 heterocycles. The second-order valence-electron chi connectivity index (χ2n) is 5.26. The van der Waals surface area contributed by atoms with Gasteiger partial charge in [-0.15, -0.1) is 0 Å². The Morgan fingerprint density at radius 1 is 1.06 bits per heavy atom. The molecule has 1 heteroatoms. The lowest BCUT2D eigenvalue weighted by Gasteiger charge is -2.15. The van der Waals surface area contributed by atoms with Gasteiger partial charge in [-0.1, -0.05) is 19.1 Å². The molecule has 1 nitrogen and oxygen atoms in total. The standard InChI is InChI=1S/C16H27N/c1-6-9-17-15(5)7-8-16-11-13(3)12(2)10-14(16)4/h10-11,15,17H,6-9H2,1-5H3. The van der Waals surface area contributed by atoms with Crippen LogP contribution in [0.5, 0.6) is 0 Å². The van der Waals surface area contributed by atoms with Crippen molar-refractivity contribution in [1.82, 2.24) is 5.32 Å². The first kappa shape index (κ1) is 14.2. The van der Waals surface area contributed by atoms with E-state index in [1.165, 1.54) is 41.5 Å². The van der Waals surface area contributed by atoms with Crippen LogP contribution in [0.2, 0.25) is 0 Å². The summed E-state index contributed by atoms with van der Waals surface area (Å²) in [6.07, 6.45) is 3.63. The molecule has 1 rings (SSSR count). The van der Waals surface area contributed by atoms with Gasteiger partial charge in [-0.05, 0) is 75.8 Å². The molecule has 1 aromatic carbocycles. The summed E-state index contributed by atoms with van der Waals surface area (Å²) in [5, 5.41) is 3.55. The first-order valence-electron chi connectivity index (χ1n) is 6.84. The molecular weight excluding hydrogens is 206 g/mol. The smallest absolute Gasteiger partial charge is 0.00418 e. The summed E-state index contributed by atoms with van der Waals surface area (Å²) in [5.74, 6) is 0. The van der Waals surface area contributed by atoms with Crippen molar-refractivity contribution >= 4 is 0 Å². The minimum absolute atomic E-state index is 0.621. The van der Waals surface area contributed by atoms with Gasteiger partial charge < -0.3 is 5.32 Å². The molecule has 0 bridgehead atoms. The maximum Gasteiger partial charge on any atom is 0.00418 e. The van der Waals surface area contributed by atoms with E-state index in [4.69, 9.17) is 0 Å². The van der Waals surface area contributed by atoms with Gasteiger partial charge in [0.2, 0.25) is 0 Å². The molecule has 1 unspecified atom stereocenters. The fourth-order valence-corrected chi connectivity index (χ4v) is 2.15. The Morgan fingerprint density at radius 3 is 2.35 bits per heavy atom. The Balaban J connectivity index is 2.54. The van der Waals surface area contributed by atoms with Gasteiger partial charge in [0.1, 0.15) is 0 Å². The highest BCUT2D eigenvalue weighted by atomic mass is 14.9. The molecule has 0 radical (unpaired) electrons. The van der Waals surface area contributed by atoms with Gasteiger partial charge in [0, 0.05) is 6.04 Å². The zero-order valence-corrected chi connectivity index (χ0v) is 12.1. The van der Waals surface area contributed by atoms with Crippen LogP contribution in [0.15, 0.2) is 12.1 Å². The molecule has 0 aliphatic carbocycles. The van der Waals surface area contributed by atoms with Crippen LogP contribution in [0.4, 0.5) is 0 Å². The fourth-order valence-electron chi connectivity index (χ4n) is 2.15. The number of rotatable bonds is 6. The quantitative estimate of drug-likeness (QED) is 0.785. The Bertz CT molecular complexity index is 355. The first-order valence-corrected chi connectivity index (χ1v) is 6.84. The van der Waals surface area contributed by atoms with Crippen molar-refractivity contribution < 1.29 is 0 Å². The summed E-state index contributed by atoms with van der Waals surface area (Å²) in [4.78, 5) is 0. The molecule has 1 atom stereocenters. The molecule has 1 aromatic rings. The van der Waals surface area contributed by atoms with E-state index in [1.807, 2.05) is 0 Å². The van der Waals surface area contributed by atoms with Crippen molar-refractivity contribution in [1.29, 1.82) is 0 Å². The van der Waals surface area contributed by atoms with Crippen LogP contribution >= 0.6 is 0 Å². The summed E-state index contributed by atoms with van der Waals surface area (Å²) in [7, 11) is 0. The van der Waals surface area contributed by atoms with Crippen molar-refractivity contribution in [3.63, 3.8) is 0 Å². The van der Waals surface area contributed by atoms with Crippen LogP contribution in [0.25, 0.3) is 0 Å². The largest absolute Gasteiger partial charge is 0.314 e. The predicted octanol–water partition coefficient (Wildman–Crippen LogP) is 3.93. The maximum absolute atomic E-state index is 3.55. The maximum atomic E-state index is 3.55. The number of aryl methyl sites for hydroxylation is 4. The summed E-state index contributed by atoms with van der Waals surface area (Å²) in [5.41, 5.74) is 5.78. The SMILES string of the molecule is CCCNC(C)CCc1cc(C)c(C)cc1C. The van der Waals surface area contributed by atoms with Gasteiger partial charge in [0.05, 0.1) is 0 Å². The lowest BCUT2D eigenvalue weighted by Crippen LogP contribution is -2.27. The molecule has 0 spiro atoms. The monoisotopic (exact) mass is 233 g/mol. The molecule has 0 aliphatic heterocycles. The molecule has 0 fully saturated rings. The third-order valence-electron chi connectivity index (χ3n) is 3.54. The van der Waals surface area contributed by atoms with Gasteiger partial charge in [-0.25, -0.2) is 0 Å². The van der Waals surface area contributed by atoms with Crippen LogP contribution in [-0.4, -0.2) is 12.6 Å². The molecule has 0 saturated heterocycles. The predicted molar refractivity (Wildman–Crippen MR) is 76.7 cm³/mol. The molecular formula is C16H27N. The lowest BCUT2D eigenvalue weighted by atomic mass is 9.96. The number of benzene rings is 1. The Labute approximate surface area is 107 Å². The second kappa shape index (κ2) is 6.80. The minimum atomic E-state index is 0.621. The summed E-state index contributed by atoms with van der Waals surface area (Å²) >= 11 is 0. The average Bonchev–Trinajstić information content (AvgIpc) is 2.29. The molecule has 0 amide bonds.